The number of carbonyl (C=O) groups is 1. The SMILES string of the molecule is COc1ccc(NC(=O)c2cnc(C)o2)cc1OC. The number of benzene rings is 1. The highest BCUT2D eigenvalue weighted by Gasteiger charge is 2.12. The second kappa shape index (κ2) is 5.43. The molecular formula is C13H14N2O4. The quantitative estimate of drug-likeness (QED) is 0.914. The molecule has 19 heavy (non-hydrogen) atoms. The molecule has 0 saturated carbocycles. The van der Waals surface area contributed by atoms with Crippen molar-refractivity contribution in [3.05, 3.63) is 36.0 Å². The molecule has 6 nitrogen and oxygen atoms in total. The maximum absolute atomic E-state index is 11.9. The number of anilines is 1. The van der Waals surface area contributed by atoms with E-state index in [1.807, 2.05) is 0 Å². The van der Waals surface area contributed by atoms with E-state index in [9.17, 15) is 4.79 Å². The van der Waals surface area contributed by atoms with Crippen LogP contribution in [-0.2, 0) is 0 Å². The summed E-state index contributed by atoms with van der Waals surface area (Å²) in [5, 5.41) is 2.69. The molecule has 0 saturated heterocycles. The summed E-state index contributed by atoms with van der Waals surface area (Å²) in [5.41, 5.74) is 0.580. The Kier molecular flexibility index (Phi) is 3.70. The molecule has 2 aromatic rings. The molecule has 100 valence electrons. The molecule has 0 aliphatic carbocycles. The normalized spacial score (nSPS) is 10.1. The van der Waals surface area contributed by atoms with Gasteiger partial charge >= 0.3 is 0 Å². The third-order valence-electron chi connectivity index (χ3n) is 2.49. The molecule has 1 amide bonds. The highest BCUT2D eigenvalue weighted by atomic mass is 16.5. The van der Waals surface area contributed by atoms with Gasteiger partial charge in [-0.3, -0.25) is 4.79 Å². The fourth-order valence-corrected chi connectivity index (χ4v) is 1.57. The number of amides is 1. The topological polar surface area (TPSA) is 73.6 Å². The summed E-state index contributed by atoms with van der Waals surface area (Å²) in [5.74, 6) is 1.36. The Morgan fingerprint density at radius 3 is 2.58 bits per heavy atom. The van der Waals surface area contributed by atoms with Crippen LogP contribution in [0.15, 0.2) is 28.8 Å². The molecule has 0 atom stereocenters. The van der Waals surface area contributed by atoms with Crippen LogP contribution in [0, 0.1) is 6.92 Å². The van der Waals surface area contributed by atoms with E-state index >= 15 is 0 Å². The molecule has 0 unspecified atom stereocenters. The van der Waals surface area contributed by atoms with Gasteiger partial charge in [-0.15, -0.1) is 0 Å². The van der Waals surface area contributed by atoms with E-state index in [0.29, 0.717) is 23.1 Å². The van der Waals surface area contributed by atoms with Crippen molar-refractivity contribution in [2.75, 3.05) is 19.5 Å². The highest BCUT2D eigenvalue weighted by molar-refractivity contribution is 6.02. The predicted molar refractivity (Wildman–Crippen MR) is 68.7 cm³/mol. The van der Waals surface area contributed by atoms with Gasteiger partial charge in [-0.25, -0.2) is 4.98 Å². The Balaban J connectivity index is 2.17. The fourth-order valence-electron chi connectivity index (χ4n) is 1.57. The number of ether oxygens (including phenoxy) is 2. The van der Waals surface area contributed by atoms with Crippen molar-refractivity contribution in [2.45, 2.75) is 6.92 Å². The standard InChI is InChI=1S/C13H14N2O4/c1-8-14-7-12(19-8)13(16)15-9-4-5-10(17-2)11(6-9)18-3/h4-7H,1-3H3,(H,15,16). The molecule has 0 fully saturated rings. The lowest BCUT2D eigenvalue weighted by molar-refractivity contribution is 0.0995. The number of nitrogens with one attached hydrogen (secondary N) is 1. The number of aryl methyl sites for hydroxylation is 1. The molecule has 1 heterocycles. The van der Waals surface area contributed by atoms with Crippen LogP contribution in [0.5, 0.6) is 11.5 Å². The molecule has 0 spiro atoms. The smallest absolute Gasteiger partial charge is 0.293 e. The van der Waals surface area contributed by atoms with E-state index in [0.717, 1.165) is 0 Å². The van der Waals surface area contributed by atoms with Gasteiger partial charge < -0.3 is 19.2 Å². The average Bonchev–Trinajstić information content (AvgIpc) is 2.85. The summed E-state index contributed by atoms with van der Waals surface area (Å²) in [6, 6.07) is 5.09. The van der Waals surface area contributed by atoms with Crippen LogP contribution in [-0.4, -0.2) is 25.1 Å². The first-order valence-electron chi connectivity index (χ1n) is 5.60. The van der Waals surface area contributed by atoms with E-state index in [4.69, 9.17) is 13.9 Å². The number of carbonyl (C=O) groups excluding carboxylic acids is 1. The van der Waals surface area contributed by atoms with E-state index in [-0.39, 0.29) is 11.7 Å². The van der Waals surface area contributed by atoms with Crippen LogP contribution in [0.1, 0.15) is 16.4 Å². The summed E-state index contributed by atoms with van der Waals surface area (Å²) in [6.45, 7) is 1.67. The van der Waals surface area contributed by atoms with Gasteiger partial charge in [0.1, 0.15) is 0 Å². The number of nitrogens with zero attached hydrogens (tertiary/aromatic N) is 1. The first kappa shape index (κ1) is 12.9. The van der Waals surface area contributed by atoms with Gasteiger partial charge in [0, 0.05) is 18.7 Å². The highest BCUT2D eigenvalue weighted by Crippen LogP contribution is 2.29. The third-order valence-corrected chi connectivity index (χ3v) is 2.49. The lowest BCUT2D eigenvalue weighted by Crippen LogP contribution is -2.11. The molecule has 0 bridgehead atoms. The van der Waals surface area contributed by atoms with Gasteiger partial charge in [0.05, 0.1) is 20.4 Å². The number of methoxy groups -OCH3 is 2. The Morgan fingerprint density at radius 2 is 2.00 bits per heavy atom. The minimum atomic E-state index is -0.368. The lowest BCUT2D eigenvalue weighted by Gasteiger charge is -2.09. The van der Waals surface area contributed by atoms with Crippen LogP contribution in [0.3, 0.4) is 0 Å². The number of hydrogen-bond donors (Lipinski definition) is 1. The van der Waals surface area contributed by atoms with Gasteiger partial charge in [-0.1, -0.05) is 0 Å². The number of hydrogen-bond acceptors (Lipinski definition) is 5. The van der Waals surface area contributed by atoms with E-state index in [2.05, 4.69) is 10.3 Å². The Labute approximate surface area is 110 Å². The fraction of sp³-hybridized carbons (Fsp3) is 0.231. The molecule has 1 aromatic carbocycles. The minimum Gasteiger partial charge on any atom is -0.493 e. The van der Waals surface area contributed by atoms with Gasteiger partial charge in [-0.2, -0.15) is 0 Å². The Hall–Kier alpha value is -2.50. The number of oxazole rings is 1. The van der Waals surface area contributed by atoms with Crippen LogP contribution in [0.4, 0.5) is 5.69 Å². The Bertz CT molecular complexity index is 592. The van der Waals surface area contributed by atoms with Crippen molar-refractivity contribution < 1.29 is 18.7 Å². The van der Waals surface area contributed by atoms with Gasteiger partial charge in [-0.05, 0) is 12.1 Å². The molecule has 1 aromatic heterocycles. The second-order valence-electron chi connectivity index (χ2n) is 3.77. The van der Waals surface area contributed by atoms with E-state index < -0.39 is 0 Å². The van der Waals surface area contributed by atoms with Crippen LogP contribution < -0.4 is 14.8 Å². The zero-order valence-electron chi connectivity index (χ0n) is 10.9. The zero-order valence-corrected chi connectivity index (χ0v) is 10.9. The van der Waals surface area contributed by atoms with Crippen LogP contribution in [0.2, 0.25) is 0 Å². The molecule has 2 rings (SSSR count). The van der Waals surface area contributed by atoms with Crippen molar-refractivity contribution >= 4 is 11.6 Å². The van der Waals surface area contributed by atoms with E-state index in [1.54, 1.807) is 32.2 Å². The van der Waals surface area contributed by atoms with Crippen molar-refractivity contribution in [3.8, 4) is 11.5 Å². The van der Waals surface area contributed by atoms with Crippen molar-refractivity contribution in [1.29, 1.82) is 0 Å². The maximum Gasteiger partial charge on any atom is 0.293 e. The van der Waals surface area contributed by atoms with Gasteiger partial charge in [0.2, 0.25) is 5.76 Å². The molecule has 0 aliphatic heterocycles. The molecule has 0 aliphatic rings. The number of aromatic nitrogens is 1. The van der Waals surface area contributed by atoms with E-state index in [1.165, 1.54) is 13.3 Å². The summed E-state index contributed by atoms with van der Waals surface area (Å²) in [4.78, 5) is 15.7. The Morgan fingerprint density at radius 1 is 1.26 bits per heavy atom. The van der Waals surface area contributed by atoms with Crippen LogP contribution in [0.25, 0.3) is 0 Å². The minimum absolute atomic E-state index is 0.160. The largest absolute Gasteiger partial charge is 0.493 e. The van der Waals surface area contributed by atoms with Crippen molar-refractivity contribution in [1.82, 2.24) is 4.98 Å². The monoisotopic (exact) mass is 262 g/mol. The van der Waals surface area contributed by atoms with Gasteiger partial charge in [0.15, 0.2) is 17.4 Å². The predicted octanol–water partition coefficient (Wildman–Crippen LogP) is 2.25. The maximum atomic E-state index is 11.9. The summed E-state index contributed by atoms with van der Waals surface area (Å²) in [6.07, 6.45) is 1.38. The van der Waals surface area contributed by atoms with Crippen molar-refractivity contribution in [2.24, 2.45) is 0 Å². The first-order chi connectivity index (χ1) is 9.13. The molecule has 6 heteroatoms. The molecular weight excluding hydrogens is 248 g/mol. The second-order valence-corrected chi connectivity index (χ2v) is 3.77. The average molecular weight is 262 g/mol. The first-order valence-corrected chi connectivity index (χ1v) is 5.60. The third kappa shape index (κ3) is 2.85. The zero-order chi connectivity index (χ0) is 13.8. The summed E-state index contributed by atoms with van der Waals surface area (Å²) >= 11 is 0. The molecule has 0 radical (unpaired) electrons. The van der Waals surface area contributed by atoms with Crippen LogP contribution >= 0.6 is 0 Å². The van der Waals surface area contributed by atoms with Gasteiger partial charge in [0.25, 0.3) is 5.91 Å². The lowest BCUT2D eigenvalue weighted by atomic mass is 10.2. The summed E-state index contributed by atoms with van der Waals surface area (Å²) in [7, 11) is 3.08. The number of rotatable bonds is 4. The summed E-state index contributed by atoms with van der Waals surface area (Å²) < 4.78 is 15.4. The van der Waals surface area contributed by atoms with Crippen molar-refractivity contribution in [3.63, 3.8) is 0 Å². The molecule has 1 N–H and O–H groups in total.